The molecule has 5 heteroatoms. The predicted octanol–water partition coefficient (Wildman–Crippen LogP) is 5.44. The number of rotatable bonds is 3. The molecule has 0 radical (unpaired) electrons. The van der Waals surface area contributed by atoms with Crippen LogP contribution in [0.4, 0.5) is 4.39 Å². The van der Waals surface area contributed by atoms with Gasteiger partial charge in [-0.2, -0.15) is 0 Å². The fraction of sp³-hybridized carbons (Fsp3) is 0.333. The normalized spacial score (nSPS) is 15.5. The first kappa shape index (κ1) is 17.2. The van der Waals surface area contributed by atoms with Gasteiger partial charge in [-0.1, -0.05) is 30.9 Å². The summed E-state index contributed by atoms with van der Waals surface area (Å²) >= 11 is 5.85. The van der Waals surface area contributed by atoms with Gasteiger partial charge in [0.2, 0.25) is 0 Å². The number of pyridine rings is 2. The summed E-state index contributed by atoms with van der Waals surface area (Å²) in [4.78, 5) is 17.0. The highest BCUT2D eigenvalue weighted by Gasteiger charge is 2.16. The Hall–Kier alpha value is -2.20. The van der Waals surface area contributed by atoms with Crippen LogP contribution >= 0.6 is 11.6 Å². The van der Waals surface area contributed by atoms with E-state index in [1.807, 2.05) is 12.3 Å². The van der Waals surface area contributed by atoms with Crippen molar-refractivity contribution < 1.29 is 4.39 Å². The smallest absolute Gasteiger partial charge is 0.258 e. The molecule has 0 saturated heterocycles. The lowest BCUT2D eigenvalue weighted by Gasteiger charge is -2.22. The standard InChI is InChI=1S/C21H20ClFN2O/c22-16-6-7-20(24-12-16)18-10-15-8-9-25(13-14-4-2-1-3-5-14)21(26)17(15)11-19(18)23/h6-12,14H,1-5,13H2. The van der Waals surface area contributed by atoms with Gasteiger partial charge in [0, 0.05) is 24.5 Å². The van der Waals surface area contributed by atoms with Crippen LogP contribution in [-0.4, -0.2) is 9.55 Å². The molecule has 2 aromatic heterocycles. The Balaban J connectivity index is 1.72. The maximum atomic E-state index is 14.7. The summed E-state index contributed by atoms with van der Waals surface area (Å²) in [7, 11) is 0. The van der Waals surface area contributed by atoms with E-state index in [0.29, 0.717) is 27.6 Å². The third-order valence-corrected chi connectivity index (χ3v) is 5.47. The molecule has 0 unspecified atom stereocenters. The zero-order chi connectivity index (χ0) is 18.1. The second-order valence-corrected chi connectivity index (χ2v) is 7.49. The average molecular weight is 371 g/mol. The molecule has 0 atom stereocenters. The van der Waals surface area contributed by atoms with Gasteiger partial charge in [-0.05, 0) is 54.5 Å². The highest BCUT2D eigenvalue weighted by atomic mass is 35.5. The number of nitrogens with zero attached hydrogens (tertiary/aromatic N) is 2. The summed E-state index contributed by atoms with van der Waals surface area (Å²) < 4.78 is 16.4. The van der Waals surface area contributed by atoms with E-state index in [0.717, 1.165) is 11.9 Å². The predicted molar refractivity (Wildman–Crippen MR) is 103 cm³/mol. The lowest BCUT2D eigenvalue weighted by Crippen LogP contribution is -2.24. The molecule has 1 aromatic carbocycles. The number of benzene rings is 1. The first-order valence-corrected chi connectivity index (χ1v) is 9.44. The molecule has 26 heavy (non-hydrogen) atoms. The first-order valence-electron chi connectivity index (χ1n) is 9.06. The number of hydrogen-bond acceptors (Lipinski definition) is 2. The molecule has 0 spiro atoms. The van der Waals surface area contributed by atoms with Crippen molar-refractivity contribution in [2.45, 2.75) is 38.6 Å². The maximum Gasteiger partial charge on any atom is 0.258 e. The third kappa shape index (κ3) is 3.38. The van der Waals surface area contributed by atoms with Crippen molar-refractivity contribution in [2.24, 2.45) is 5.92 Å². The van der Waals surface area contributed by atoms with Crippen molar-refractivity contribution >= 4 is 22.4 Å². The minimum Gasteiger partial charge on any atom is -0.315 e. The summed E-state index contributed by atoms with van der Waals surface area (Å²) in [6.45, 7) is 0.719. The number of aromatic nitrogens is 2. The first-order chi connectivity index (χ1) is 12.6. The lowest BCUT2D eigenvalue weighted by molar-refractivity contribution is 0.316. The van der Waals surface area contributed by atoms with Crippen molar-refractivity contribution in [3.63, 3.8) is 0 Å². The van der Waals surface area contributed by atoms with Gasteiger partial charge in [0.25, 0.3) is 5.56 Å². The molecule has 0 aliphatic heterocycles. The molecule has 4 rings (SSSR count). The van der Waals surface area contributed by atoms with E-state index in [2.05, 4.69) is 4.98 Å². The largest absolute Gasteiger partial charge is 0.315 e. The minimum absolute atomic E-state index is 0.123. The van der Waals surface area contributed by atoms with E-state index in [9.17, 15) is 9.18 Å². The van der Waals surface area contributed by atoms with Gasteiger partial charge in [-0.25, -0.2) is 4.39 Å². The van der Waals surface area contributed by atoms with Crippen LogP contribution in [0.15, 0.2) is 47.5 Å². The topological polar surface area (TPSA) is 34.9 Å². The molecule has 1 aliphatic rings. The fourth-order valence-corrected chi connectivity index (χ4v) is 3.94. The minimum atomic E-state index is -0.445. The molecule has 2 heterocycles. The molecule has 0 N–H and O–H groups in total. The fourth-order valence-electron chi connectivity index (χ4n) is 3.83. The van der Waals surface area contributed by atoms with Gasteiger partial charge >= 0.3 is 0 Å². The summed E-state index contributed by atoms with van der Waals surface area (Å²) in [6, 6.07) is 8.26. The van der Waals surface area contributed by atoms with E-state index in [-0.39, 0.29) is 5.56 Å². The van der Waals surface area contributed by atoms with Crippen LogP contribution in [0.2, 0.25) is 5.02 Å². The second kappa shape index (κ2) is 7.20. The summed E-state index contributed by atoms with van der Waals surface area (Å²) in [6.07, 6.45) is 9.41. The van der Waals surface area contributed by atoms with Crippen molar-refractivity contribution in [3.8, 4) is 11.3 Å². The van der Waals surface area contributed by atoms with Crippen LogP contribution in [0, 0.1) is 11.7 Å². The van der Waals surface area contributed by atoms with Crippen LogP contribution in [0.3, 0.4) is 0 Å². The molecule has 1 saturated carbocycles. The van der Waals surface area contributed by atoms with Gasteiger partial charge < -0.3 is 4.57 Å². The van der Waals surface area contributed by atoms with Gasteiger partial charge in [0.1, 0.15) is 5.82 Å². The Bertz CT molecular complexity index is 991. The highest BCUT2D eigenvalue weighted by molar-refractivity contribution is 6.30. The SMILES string of the molecule is O=c1c2cc(F)c(-c3ccc(Cl)cn3)cc2ccn1CC1CCCCC1. The Kier molecular flexibility index (Phi) is 4.77. The average Bonchev–Trinajstić information content (AvgIpc) is 2.66. The zero-order valence-electron chi connectivity index (χ0n) is 14.4. The van der Waals surface area contributed by atoms with Crippen LogP contribution in [-0.2, 0) is 6.54 Å². The van der Waals surface area contributed by atoms with Crippen LogP contribution < -0.4 is 5.56 Å². The molecular formula is C21H20ClFN2O. The lowest BCUT2D eigenvalue weighted by atomic mass is 9.89. The van der Waals surface area contributed by atoms with Crippen molar-refractivity contribution in [2.75, 3.05) is 0 Å². The summed E-state index contributed by atoms with van der Waals surface area (Å²) in [5.74, 6) is 0.0983. The Morgan fingerprint density at radius 3 is 2.69 bits per heavy atom. The number of halogens is 2. The van der Waals surface area contributed by atoms with Gasteiger partial charge in [0.15, 0.2) is 0 Å². The molecule has 3 nitrogen and oxygen atoms in total. The van der Waals surface area contributed by atoms with Gasteiger partial charge in [-0.3, -0.25) is 9.78 Å². The number of hydrogen-bond donors (Lipinski definition) is 0. The molecule has 1 fully saturated rings. The van der Waals surface area contributed by atoms with E-state index in [4.69, 9.17) is 11.6 Å². The molecule has 3 aromatic rings. The van der Waals surface area contributed by atoms with E-state index in [1.165, 1.54) is 44.4 Å². The Morgan fingerprint density at radius 2 is 1.96 bits per heavy atom. The molecule has 0 bridgehead atoms. The summed E-state index contributed by atoms with van der Waals surface area (Å²) in [5, 5.41) is 1.64. The van der Waals surface area contributed by atoms with Gasteiger partial charge in [0.05, 0.1) is 16.1 Å². The molecule has 134 valence electrons. The maximum absolute atomic E-state index is 14.7. The van der Waals surface area contributed by atoms with Gasteiger partial charge in [-0.15, -0.1) is 0 Å². The van der Waals surface area contributed by atoms with E-state index < -0.39 is 5.82 Å². The van der Waals surface area contributed by atoms with E-state index >= 15 is 0 Å². The molecular weight excluding hydrogens is 351 g/mol. The van der Waals surface area contributed by atoms with Crippen molar-refractivity contribution in [1.29, 1.82) is 0 Å². The monoisotopic (exact) mass is 370 g/mol. The third-order valence-electron chi connectivity index (χ3n) is 5.25. The highest BCUT2D eigenvalue weighted by Crippen LogP contribution is 2.27. The van der Waals surface area contributed by atoms with Crippen LogP contribution in [0.1, 0.15) is 32.1 Å². The quantitative estimate of drug-likeness (QED) is 0.615. The Morgan fingerprint density at radius 1 is 1.15 bits per heavy atom. The second-order valence-electron chi connectivity index (χ2n) is 7.06. The van der Waals surface area contributed by atoms with Crippen molar-refractivity contribution in [1.82, 2.24) is 9.55 Å². The number of fused-ring (bicyclic) bond motifs is 1. The zero-order valence-corrected chi connectivity index (χ0v) is 15.2. The summed E-state index contributed by atoms with van der Waals surface area (Å²) in [5.41, 5.74) is 0.751. The Labute approximate surface area is 156 Å². The van der Waals surface area contributed by atoms with E-state index in [1.54, 1.807) is 22.8 Å². The van der Waals surface area contributed by atoms with Crippen molar-refractivity contribution in [3.05, 3.63) is 63.9 Å². The molecule has 0 amide bonds. The van der Waals surface area contributed by atoms with Crippen LogP contribution in [0.5, 0.6) is 0 Å². The van der Waals surface area contributed by atoms with Crippen LogP contribution in [0.25, 0.3) is 22.0 Å². The molecule has 1 aliphatic carbocycles.